The molecule has 1 saturated heterocycles. The summed E-state index contributed by atoms with van der Waals surface area (Å²) in [6, 6.07) is 23.5. The molecule has 0 aliphatic carbocycles. The third-order valence-corrected chi connectivity index (χ3v) is 5.62. The molecule has 1 amide bonds. The number of carbonyl (C=O) groups is 1. The quantitative estimate of drug-likeness (QED) is 0.425. The van der Waals surface area contributed by atoms with Crippen molar-refractivity contribution >= 4 is 17.3 Å². The van der Waals surface area contributed by atoms with Crippen molar-refractivity contribution in [1.29, 1.82) is 5.26 Å². The van der Waals surface area contributed by atoms with Crippen molar-refractivity contribution in [2.45, 2.75) is 0 Å². The largest absolute Gasteiger partial charge is 0.484 e. The van der Waals surface area contributed by atoms with Gasteiger partial charge in [0.1, 0.15) is 11.4 Å². The van der Waals surface area contributed by atoms with Gasteiger partial charge in [-0.3, -0.25) is 14.9 Å². The summed E-state index contributed by atoms with van der Waals surface area (Å²) in [5.74, 6) is 0.479. The lowest BCUT2D eigenvalue weighted by Crippen LogP contribution is -2.50. The summed E-state index contributed by atoms with van der Waals surface area (Å²) < 4.78 is 5.67. The van der Waals surface area contributed by atoms with Crippen LogP contribution in [0.15, 0.2) is 72.8 Å². The highest BCUT2D eigenvalue weighted by atomic mass is 16.6. The van der Waals surface area contributed by atoms with E-state index in [1.54, 1.807) is 35.2 Å². The molecule has 1 aliphatic rings. The Bertz CT molecular complexity index is 1180. The highest BCUT2D eigenvalue weighted by molar-refractivity contribution is 5.78. The summed E-state index contributed by atoms with van der Waals surface area (Å²) in [6.07, 6.45) is 0. The normalized spacial score (nSPS) is 13.3. The molecule has 3 aromatic carbocycles. The molecule has 0 unspecified atom stereocenters. The summed E-state index contributed by atoms with van der Waals surface area (Å²) in [5.41, 5.74) is 3.25. The molecular weight excluding hydrogens is 420 g/mol. The van der Waals surface area contributed by atoms with Crippen LogP contribution < -0.4 is 9.64 Å². The first-order chi connectivity index (χ1) is 16.0. The van der Waals surface area contributed by atoms with Crippen molar-refractivity contribution in [2.75, 3.05) is 37.7 Å². The molecule has 0 N–H and O–H groups in total. The molecule has 1 aliphatic heterocycles. The molecule has 0 saturated carbocycles. The molecule has 1 heterocycles. The number of rotatable bonds is 6. The van der Waals surface area contributed by atoms with Crippen LogP contribution in [0.3, 0.4) is 0 Å². The Kier molecular flexibility index (Phi) is 6.51. The van der Waals surface area contributed by atoms with Crippen LogP contribution in [0.1, 0.15) is 5.56 Å². The third-order valence-electron chi connectivity index (χ3n) is 5.62. The van der Waals surface area contributed by atoms with Gasteiger partial charge in [0.15, 0.2) is 6.61 Å². The Labute approximate surface area is 191 Å². The zero-order valence-electron chi connectivity index (χ0n) is 17.9. The van der Waals surface area contributed by atoms with Crippen LogP contribution in [-0.2, 0) is 4.79 Å². The van der Waals surface area contributed by atoms with Gasteiger partial charge >= 0.3 is 0 Å². The second kappa shape index (κ2) is 9.83. The van der Waals surface area contributed by atoms with E-state index in [0.29, 0.717) is 43.2 Å². The van der Waals surface area contributed by atoms with E-state index < -0.39 is 0 Å². The van der Waals surface area contributed by atoms with Crippen LogP contribution >= 0.6 is 0 Å². The van der Waals surface area contributed by atoms with Crippen molar-refractivity contribution in [3.63, 3.8) is 0 Å². The summed E-state index contributed by atoms with van der Waals surface area (Å²) in [6.45, 7) is 1.94. The van der Waals surface area contributed by atoms with Crippen molar-refractivity contribution in [1.82, 2.24) is 4.90 Å². The van der Waals surface area contributed by atoms with Gasteiger partial charge in [0.05, 0.1) is 16.6 Å². The minimum Gasteiger partial charge on any atom is -0.484 e. The zero-order valence-corrected chi connectivity index (χ0v) is 17.9. The third kappa shape index (κ3) is 5.10. The lowest BCUT2D eigenvalue weighted by Gasteiger charge is -2.35. The fraction of sp³-hybridized carbons (Fsp3) is 0.200. The number of nitro benzene ring substituents is 1. The van der Waals surface area contributed by atoms with Crippen LogP contribution in [-0.4, -0.2) is 48.5 Å². The minimum atomic E-state index is -0.382. The number of hydrogen-bond acceptors (Lipinski definition) is 6. The second-order valence-corrected chi connectivity index (χ2v) is 7.62. The van der Waals surface area contributed by atoms with Gasteiger partial charge in [0, 0.05) is 32.2 Å². The van der Waals surface area contributed by atoms with Crippen LogP contribution in [0, 0.1) is 21.4 Å². The highest BCUT2D eigenvalue weighted by Gasteiger charge is 2.25. The Morgan fingerprint density at radius 1 is 0.939 bits per heavy atom. The van der Waals surface area contributed by atoms with Gasteiger partial charge in [-0.25, -0.2) is 0 Å². The molecule has 0 aromatic heterocycles. The average molecular weight is 442 g/mol. The number of carbonyl (C=O) groups excluding carboxylic acids is 1. The topological polar surface area (TPSA) is 99.7 Å². The molecule has 0 spiro atoms. The summed E-state index contributed by atoms with van der Waals surface area (Å²) >= 11 is 0. The van der Waals surface area contributed by atoms with Gasteiger partial charge in [0.25, 0.3) is 11.6 Å². The maximum absolute atomic E-state index is 12.6. The predicted octanol–water partition coefficient (Wildman–Crippen LogP) is 3.86. The van der Waals surface area contributed by atoms with Gasteiger partial charge in [-0.1, -0.05) is 36.4 Å². The smallest absolute Gasteiger partial charge is 0.292 e. The van der Waals surface area contributed by atoms with E-state index in [2.05, 4.69) is 6.07 Å². The van der Waals surface area contributed by atoms with Crippen molar-refractivity contribution < 1.29 is 14.5 Å². The Morgan fingerprint density at radius 2 is 1.55 bits per heavy atom. The van der Waals surface area contributed by atoms with E-state index in [9.17, 15) is 14.9 Å². The first kappa shape index (κ1) is 21.8. The first-order valence-electron chi connectivity index (χ1n) is 10.5. The lowest BCUT2D eigenvalue weighted by atomic mass is 10.0. The molecule has 3 aromatic rings. The molecule has 0 bridgehead atoms. The van der Waals surface area contributed by atoms with Crippen molar-refractivity contribution in [3.05, 3.63) is 88.5 Å². The Hall–Kier alpha value is -4.38. The van der Waals surface area contributed by atoms with E-state index in [1.165, 1.54) is 6.07 Å². The van der Waals surface area contributed by atoms with Crippen molar-refractivity contribution in [3.8, 4) is 22.9 Å². The van der Waals surface area contributed by atoms with Crippen LogP contribution in [0.4, 0.5) is 11.4 Å². The number of ether oxygens (including phenoxy) is 1. The average Bonchev–Trinajstić information content (AvgIpc) is 2.87. The van der Waals surface area contributed by atoms with Gasteiger partial charge in [-0.2, -0.15) is 5.26 Å². The zero-order chi connectivity index (χ0) is 23.2. The molecule has 4 rings (SSSR count). The molecule has 33 heavy (non-hydrogen) atoms. The molecule has 8 nitrogen and oxygen atoms in total. The van der Waals surface area contributed by atoms with E-state index in [1.807, 2.05) is 41.3 Å². The summed E-state index contributed by atoms with van der Waals surface area (Å²) in [4.78, 5) is 27.1. The summed E-state index contributed by atoms with van der Waals surface area (Å²) in [5, 5.41) is 20.2. The minimum absolute atomic E-state index is 0.0678. The van der Waals surface area contributed by atoms with Crippen molar-refractivity contribution in [2.24, 2.45) is 0 Å². The van der Waals surface area contributed by atoms with E-state index in [4.69, 9.17) is 10.00 Å². The van der Waals surface area contributed by atoms with E-state index in [0.717, 1.165) is 11.1 Å². The molecule has 0 atom stereocenters. The number of nitriles is 1. The highest BCUT2D eigenvalue weighted by Crippen LogP contribution is 2.28. The predicted molar refractivity (Wildman–Crippen MR) is 124 cm³/mol. The number of amides is 1. The molecule has 0 radical (unpaired) electrons. The number of hydrogen-bond donors (Lipinski definition) is 0. The number of nitrogens with zero attached hydrogens (tertiary/aromatic N) is 4. The lowest BCUT2D eigenvalue weighted by molar-refractivity contribution is -0.384. The van der Waals surface area contributed by atoms with Gasteiger partial charge in [-0.05, 0) is 41.5 Å². The second-order valence-electron chi connectivity index (χ2n) is 7.62. The Morgan fingerprint density at radius 3 is 2.15 bits per heavy atom. The molecule has 166 valence electrons. The monoisotopic (exact) mass is 442 g/mol. The number of benzene rings is 3. The molecular formula is C25H22N4O4. The van der Waals surface area contributed by atoms with E-state index in [-0.39, 0.29) is 23.1 Å². The van der Waals surface area contributed by atoms with Crippen LogP contribution in [0.25, 0.3) is 11.1 Å². The standard InChI is InChI=1S/C25H22N4O4/c26-17-19-5-7-20(8-6-19)21-9-11-22(12-10-21)33-18-25(30)28-15-13-27(14-16-28)23-3-1-2-4-24(23)29(31)32/h1-12H,13-16,18H2. The Balaban J connectivity index is 1.29. The van der Waals surface area contributed by atoms with Crippen LogP contribution in [0.2, 0.25) is 0 Å². The molecule has 8 heteroatoms. The SMILES string of the molecule is N#Cc1ccc(-c2ccc(OCC(=O)N3CCN(c4ccccc4[N+](=O)[O-])CC3)cc2)cc1. The van der Waals surface area contributed by atoms with Gasteiger partial charge < -0.3 is 14.5 Å². The van der Waals surface area contributed by atoms with Gasteiger partial charge in [0.2, 0.25) is 0 Å². The number of para-hydroxylation sites is 2. The number of anilines is 1. The van der Waals surface area contributed by atoms with E-state index >= 15 is 0 Å². The maximum atomic E-state index is 12.6. The molecule has 1 fully saturated rings. The van der Waals surface area contributed by atoms with Gasteiger partial charge in [-0.15, -0.1) is 0 Å². The number of piperazine rings is 1. The fourth-order valence-corrected chi connectivity index (χ4v) is 3.80. The number of nitro groups is 1. The fourth-order valence-electron chi connectivity index (χ4n) is 3.80. The first-order valence-corrected chi connectivity index (χ1v) is 10.5. The summed E-state index contributed by atoms with van der Waals surface area (Å²) in [7, 11) is 0. The van der Waals surface area contributed by atoms with Crippen LogP contribution in [0.5, 0.6) is 5.75 Å². The maximum Gasteiger partial charge on any atom is 0.292 e.